The maximum Gasteiger partial charge on any atom is 0.252 e. The number of carbonyl (C=O) groups is 1. The van der Waals surface area contributed by atoms with Gasteiger partial charge in [-0.25, -0.2) is 8.42 Å². The molecule has 28 heavy (non-hydrogen) atoms. The molecule has 2 aromatic carbocycles. The van der Waals surface area contributed by atoms with Crippen LogP contribution in [-0.2, 0) is 9.84 Å². The zero-order valence-corrected chi connectivity index (χ0v) is 18.3. The first-order valence-corrected chi connectivity index (χ1v) is 10.7. The Morgan fingerprint density at radius 3 is 2.04 bits per heavy atom. The van der Waals surface area contributed by atoms with Crippen LogP contribution in [0.15, 0.2) is 53.4 Å². The fourth-order valence-electron chi connectivity index (χ4n) is 2.70. The predicted molar refractivity (Wildman–Crippen MR) is 116 cm³/mol. The minimum absolute atomic E-state index is 0. The molecule has 154 valence electrons. The SMILES string of the molecule is CC(C)c1ccc(C(N)CNC(=O)c2ccccc2S(=O)(=O)C(C)C)cc1.Cl. The van der Waals surface area contributed by atoms with Crippen molar-refractivity contribution >= 4 is 28.2 Å². The second kappa shape index (κ2) is 10.0. The molecule has 1 unspecified atom stereocenters. The van der Waals surface area contributed by atoms with Gasteiger partial charge in [0.2, 0.25) is 0 Å². The van der Waals surface area contributed by atoms with Gasteiger partial charge in [0.1, 0.15) is 0 Å². The molecule has 0 fully saturated rings. The Balaban J connectivity index is 0.00000392. The van der Waals surface area contributed by atoms with Crippen molar-refractivity contribution in [2.75, 3.05) is 6.54 Å². The zero-order valence-electron chi connectivity index (χ0n) is 16.7. The summed E-state index contributed by atoms with van der Waals surface area (Å²) in [4.78, 5) is 12.6. The van der Waals surface area contributed by atoms with Gasteiger partial charge in [0.15, 0.2) is 9.84 Å². The van der Waals surface area contributed by atoms with Crippen LogP contribution in [0.1, 0.15) is 61.1 Å². The second-order valence-corrected chi connectivity index (χ2v) is 9.70. The highest BCUT2D eigenvalue weighted by Crippen LogP contribution is 2.21. The molecule has 0 spiro atoms. The molecule has 7 heteroatoms. The lowest BCUT2D eigenvalue weighted by Crippen LogP contribution is -2.33. The first-order valence-electron chi connectivity index (χ1n) is 9.11. The monoisotopic (exact) mass is 424 g/mol. The van der Waals surface area contributed by atoms with E-state index in [1.54, 1.807) is 26.0 Å². The number of nitrogens with two attached hydrogens (primary N) is 1. The third kappa shape index (κ3) is 5.56. The van der Waals surface area contributed by atoms with Gasteiger partial charge in [-0.1, -0.05) is 50.2 Å². The summed E-state index contributed by atoms with van der Waals surface area (Å²) in [6.07, 6.45) is 0. The summed E-state index contributed by atoms with van der Waals surface area (Å²) in [5.41, 5.74) is 8.48. The zero-order chi connectivity index (χ0) is 20.2. The van der Waals surface area contributed by atoms with E-state index >= 15 is 0 Å². The smallest absolute Gasteiger partial charge is 0.252 e. The molecule has 0 saturated heterocycles. The Kier molecular flexibility index (Phi) is 8.67. The van der Waals surface area contributed by atoms with Gasteiger partial charge in [-0.2, -0.15) is 0 Å². The summed E-state index contributed by atoms with van der Waals surface area (Å²) >= 11 is 0. The van der Waals surface area contributed by atoms with Crippen molar-refractivity contribution in [1.82, 2.24) is 5.32 Å². The third-order valence-corrected chi connectivity index (χ3v) is 6.78. The quantitative estimate of drug-likeness (QED) is 0.706. The van der Waals surface area contributed by atoms with Crippen molar-refractivity contribution in [3.63, 3.8) is 0 Å². The van der Waals surface area contributed by atoms with Crippen LogP contribution in [0.5, 0.6) is 0 Å². The van der Waals surface area contributed by atoms with Crippen molar-refractivity contribution in [2.45, 2.75) is 49.8 Å². The Morgan fingerprint density at radius 2 is 1.50 bits per heavy atom. The Bertz CT molecular complexity index is 894. The molecular weight excluding hydrogens is 396 g/mol. The molecule has 0 radical (unpaired) electrons. The van der Waals surface area contributed by atoms with E-state index in [1.807, 2.05) is 24.3 Å². The number of sulfone groups is 1. The van der Waals surface area contributed by atoms with E-state index in [9.17, 15) is 13.2 Å². The number of hydrogen-bond donors (Lipinski definition) is 2. The lowest BCUT2D eigenvalue weighted by molar-refractivity contribution is 0.0948. The van der Waals surface area contributed by atoms with Crippen LogP contribution < -0.4 is 11.1 Å². The number of rotatable bonds is 7. The Morgan fingerprint density at radius 1 is 0.964 bits per heavy atom. The average molecular weight is 425 g/mol. The molecule has 3 N–H and O–H groups in total. The van der Waals surface area contributed by atoms with Gasteiger partial charge in [0.05, 0.1) is 15.7 Å². The van der Waals surface area contributed by atoms with Gasteiger partial charge in [0, 0.05) is 12.6 Å². The van der Waals surface area contributed by atoms with E-state index in [1.165, 1.54) is 17.7 Å². The number of amides is 1. The van der Waals surface area contributed by atoms with Crippen LogP contribution in [0.2, 0.25) is 0 Å². The highest BCUT2D eigenvalue weighted by molar-refractivity contribution is 7.92. The first-order chi connectivity index (χ1) is 12.6. The van der Waals surface area contributed by atoms with E-state index in [2.05, 4.69) is 19.2 Å². The van der Waals surface area contributed by atoms with Crippen molar-refractivity contribution in [2.24, 2.45) is 5.73 Å². The van der Waals surface area contributed by atoms with E-state index in [4.69, 9.17) is 5.73 Å². The van der Waals surface area contributed by atoms with Gasteiger partial charge < -0.3 is 11.1 Å². The Labute approximate surface area is 174 Å². The molecule has 2 aromatic rings. The second-order valence-electron chi connectivity index (χ2n) is 7.23. The molecule has 0 aliphatic rings. The van der Waals surface area contributed by atoms with Crippen molar-refractivity contribution in [3.05, 3.63) is 65.2 Å². The molecular formula is C21H29ClN2O3S. The summed E-state index contributed by atoms with van der Waals surface area (Å²) in [5, 5.41) is 2.15. The topological polar surface area (TPSA) is 89.3 Å². The minimum atomic E-state index is -3.55. The van der Waals surface area contributed by atoms with Crippen LogP contribution >= 0.6 is 12.4 Å². The summed E-state index contributed by atoms with van der Waals surface area (Å²) in [6.45, 7) is 7.66. The van der Waals surface area contributed by atoms with Crippen LogP contribution in [0, 0.1) is 0 Å². The fourth-order valence-corrected chi connectivity index (χ4v) is 3.94. The largest absolute Gasteiger partial charge is 0.350 e. The molecule has 0 bridgehead atoms. The highest BCUT2D eigenvalue weighted by atomic mass is 35.5. The number of carbonyl (C=O) groups excluding carboxylic acids is 1. The highest BCUT2D eigenvalue weighted by Gasteiger charge is 2.25. The standard InChI is InChI=1S/C21H28N2O3S.ClH/c1-14(2)16-9-11-17(12-10-16)19(22)13-23-21(24)18-7-5-6-8-20(18)27(25,26)15(3)4;/h5-12,14-15,19H,13,22H2,1-4H3,(H,23,24);1H. The molecule has 0 aliphatic carbocycles. The number of halogens is 1. The van der Waals surface area contributed by atoms with Gasteiger partial charge in [0.25, 0.3) is 5.91 Å². The third-order valence-electron chi connectivity index (χ3n) is 4.57. The van der Waals surface area contributed by atoms with E-state index in [0.717, 1.165) is 5.56 Å². The Hall–Kier alpha value is -1.89. The molecule has 1 amide bonds. The van der Waals surface area contributed by atoms with Gasteiger partial charge in [-0.05, 0) is 43.0 Å². The summed E-state index contributed by atoms with van der Waals surface area (Å²) in [6, 6.07) is 13.9. The molecule has 0 aliphatic heterocycles. The van der Waals surface area contributed by atoms with Crippen molar-refractivity contribution in [3.8, 4) is 0 Å². The predicted octanol–water partition coefficient (Wildman–Crippen LogP) is 3.84. The lowest BCUT2D eigenvalue weighted by Gasteiger charge is -2.16. The molecule has 5 nitrogen and oxygen atoms in total. The summed E-state index contributed by atoms with van der Waals surface area (Å²) in [7, 11) is -3.55. The molecule has 0 heterocycles. The average Bonchev–Trinajstić information content (AvgIpc) is 2.65. The number of benzene rings is 2. The van der Waals surface area contributed by atoms with Crippen LogP contribution in [-0.4, -0.2) is 26.1 Å². The van der Waals surface area contributed by atoms with Gasteiger partial charge in [-0.15, -0.1) is 12.4 Å². The normalized spacial score (nSPS) is 12.5. The van der Waals surface area contributed by atoms with Crippen molar-refractivity contribution in [1.29, 1.82) is 0 Å². The number of hydrogen-bond acceptors (Lipinski definition) is 4. The van der Waals surface area contributed by atoms with E-state index in [0.29, 0.717) is 5.92 Å². The summed E-state index contributed by atoms with van der Waals surface area (Å²) in [5.74, 6) is -0.00143. The molecule has 2 rings (SSSR count). The van der Waals surface area contributed by atoms with E-state index in [-0.39, 0.29) is 35.5 Å². The fraction of sp³-hybridized carbons (Fsp3) is 0.381. The maximum absolute atomic E-state index is 12.6. The first kappa shape index (κ1) is 24.1. The number of nitrogens with one attached hydrogen (secondary N) is 1. The van der Waals surface area contributed by atoms with Crippen LogP contribution in [0.3, 0.4) is 0 Å². The van der Waals surface area contributed by atoms with E-state index < -0.39 is 21.0 Å². The van der Waals surface area contributed by atoms with Gasteiger partial charge in [-0.3, -0.25) is 4.79 Å². The van der Waals surface area contributed by atoms with Crippen LogP contribution in [0.4, 0.5) is 0 Å². The van der Waals surface area contributed by atoms with Crippen LogP contribution in [0.25, 0.3) is 0 Å². The van der Waals surface area contributed by atoms with Gasteiger partial charge >= 0.3 is 0 Å². The van der Waals surface area contributed by atoms with Crippen molar-refractivity contribution < 1.29 is 13.2 Å². The molecule has 0 saturated carbocycles. The molecule has 1 atom stereocenters. The molecule has 0 aromatic heterocycles. The maximum atomic E-state index is 12.6. The summed E-state index contributed by atoms with van der Waals surface area (Å²) < 4.78 is 25.0. The minimum Gasteiger partial charge on any atom is -0.350 e. The lowest BCUT2D eigenvalue weighted by atomic mass is 9.99.